The van der Waals surface area contributed by atoms with Gasteiger partial charge in [-0.05, 0) is 29.7 Å². The van der Waals surface area contributed by atoms with Gasteiger partial charge in [-0.1, -0.05) is 12.1 Å². The van der Waals surface area contributed by atoms with Crippen LogP contribution in [-0.4, -0.2) is 42.1 Å². The Morgan fingerprint density at radius 1 is 1.19 bits per heavy atom. The molecule has 1 heterocycles. The minimum Gasteiger partial charge on any atom is -0.484 e. The van der Waals surface area contributed by atoms with Gasteiger partial charge in [0.15, 0.2) is 12.6 Å². The lowest BCUT2D eigenvalue weighted by Crippen LogP contribution is -2.37. The van der Waals surface area contributed by atoms with Crippen molar-refractivity contribution in [3.63, 3.8) is 0 Å². The molecule has 10 heteroatoms. The van der Waals surface area contributed by atoms with E-state index in [1.807, 2.05) is 19.4 Å². The summed E-state index contributed by atoms with van der Waals surface area (Å²) in [5.74, 6) is 0.830. The molecule has 0 saturated heterocycles. The predicted molar refractivity (Wildman–Crippen MR) is 109 cm³/mol. The number of rotatable bonds is 7. The zero-order chi connectivity index (χ0) is 19.0. The number of aryl methyl sites for hydroxylation is 1. The summed E-state index contributed by atoms with van der Waals surface area (Å²) in [6, 6.07) is 6.45. The topological polar surface area (TPSA) is 63.5 Å². The Morgan fingerprint density at radius 2 is 1.89 bits per heavy atom. The van der Waals surface area contributed by atoms with Crippen LogP contribution in [0.2, 0.25) is 0 Å². The van der Waals surface area contributed by atoms with Gasteiger partial charge in [-0.25, -0.2) is 0 Å². The fraction of sp³-hybridized carbons (Fsp3) is 0.412. The van der Waals surface area contributed by atoms with Crippen LogP contribution < -0.4 is 15.4 Å². The van der Waals surface area contributed by atoms with E-state index in [1.165, 1.54) is 12.1 Å². The number of alkyl halides is 3. The maximum Gasteiger partial charge on any atom is 0.422 e. The van der Waals surface area contributed by atoms with Crippen LogP contribution in [0.1, 0.15) is 11.1 Å². The lowest BCUT2D eigenvalue weighted by Gasteiger charge is -2.12. The molecule has 2 rings (SSSR count). The quantitative estimate of drug-likeness (QED) is 0.351. The zero-order valence-electron chi connectivity index (χ0n) is 15.1. The van der Waals surface area contributed by atoms with Gasteiger partial charge >= 0.3 is 6.18 Å². The van der Waals surface area contributed by atoms with Crippen LogP contribution in [0.4, 0.5) is 13.2 Å². The first-order chi connectivity index (χ1) is 12.4. The summed E-state index contributed by atoms with van der Waals surface area (Å²) in [6.45, 7) is -0.0974. The standard InChI is InChI=1S/C17H22F3N5O.HI/c1-21-16(22-8-7-14-10-24-25(2)11-14)23-9-13-3-5-15(6-4-13)26-12-17(18,19)20;/h3-6,10-11H,7-9,12H2,1-2H3,(H2,21,22,23);1H. The monoisotopic (exact) mass is 497 g/mol. The van der Waals surface area contributed by atoms with Crippen LogP contribution in [0.3, 0.4) is 0 Å². The van der Waals surface area contributed by atoms with Crippen molar-refractivity contribution in [1.29, 1.82) is 0 Å². The van der Waals surface area contributed by atoms with Crippen molar-refractivity contribution in [3.05, 3.63) is 47.8 Å². The second kappa shape index (κ2) is 11.0. The summed E-state index contributed by atoms with van der Waals surface area (Å²) in [7, 11) is 3.55. The zero-order valence-corrected chi connectivity index (χ0v) is 17.4. The van der Waals surface area contributed by atoms with E-state index < -0.39 is 12.8 Å². The summed E-state index contributed by atoms with van der Waals surface area (Å²) in [6.07, 6.45) is 0.258. The van der Waals surface area contributed by atoms with Crippen molar-refractivity contribution in [2.75, 3.05) is 20.2 Å². The highest BCUT2D eigenvalue weighted by Gasteiger charge is 2.28. The van der Waals surface area contributed by atoms with Crippen LogP contribution >= 0.6 is 24.0 Å². The average Bonchev–Trinajstić information content (AvgIpc) is 3.01. The molecule has 0 unspecified atom stereocenters. The molecule has 150 valence electrons. The molecule has 1 aromatic carbocycles. The normalized spacial score (nSPS) is 11.7. The van der Waals surface area contributed by atoms with Crippen molar-refractivity contribution in [2.24, 2.45) is 12.0 Å². The predicted octanol–water partition coefficient (Wildman–Crippen LogP) is 2.89. The number of hydrogen-bond donors (Lipinski definition) is 2. The molecule has 0 saturated carbocycles. The van der Waals surface area contributed by atoms with Crippen molar-refractivity contribution >= 4 is 29.9 Å². The Morgan fingerprint density at radius 3 is 2.44 bits per heavy atom. The molecule has 6 nitrogen and oxygen atoms in total. The number of nitrogens with zero attached hydrogens (tertiary/aromatic N) is 3. The Labute approximate surface area is 173 Å². The van der Waals surface area contributed by atoms with Crippen molar-refractivity contribution < 1.29 is 17.9 Å². The second-order valence-corrected chi connectivity index (χ2v) is 5.67. The van der Waals surface area contributed by atoms with E-state index in [-0.39, 0.29) is 29.7 Å². The molecule has 0 bridgehead atoms. The first-order valence-electron chi connectivity index (χ1n) is 8.06. The smallest absolute Gasteiger partial charge is 0.422 e. The molecule has 0 aliphatic carbocycles. The van der Waals surface area contributed by atoms with Gasteiger partial charge in [-0.2, -0.15) is 18.3 Å². The average molecular weight is 497 g/mol. The van der Waals surface area contributed by atoms with Gasteiger partial charge in [-0.3, -0.25) is 9.67 Å². The molecule has 0 aliphatic rings. The maximum absolute atomic E-state index is 12.1. The SMILES string of the molecule is CN=C(NCCc1cnn(C)c1)NCc1ccc(OCC(F)(F)F)cc1.I. The van der Waals surface area contributed by atoms with Gasteiger partial charge in [0.2, 0.25) is 0 Å². The first-order valence-corrected chi connectivity index (χ1v) is 8.06. The van der Waals surface area contributed by atoms with E-state index in [0.717, 1.165) is 17.5 Å². The van der Waals surface area contributed by atoms with Gasteiger partial charge in [0.05, 0.1) is 6.20 Å². The van der Waals surface area contributed by atoms with Crippen LogP contribution in [0.25, 0.3) is 0 Å². The Kier molecular flexibility index (Phi) is 9.39. The third-order valence-corrected chi connectivity index (χ3v) is 3.47. The van der Waals surface area contributed by atoms with Crippen molar-refractivity contribution in [3.8, 4) is 5.75 Å². The van der Waals surface area contributed by atoms with Crippen LogP contribution in [-0.2, 0) is 20.0 Å². The Bertz CT molecular complexity index is 716. The van der Waals surface area contributed by atoms with Gasteiger partial charge in [0, 0.05) is 33.4 Å². The molecule has 2 N–H and O–H groups in total. The van der Waals surface area contributed by atoms with Crippen molar-refractivity contribution in [2.45, 2.75) is 19.1 Å². The van der Waals surface area contributed by atoms with Crippen LogP contribution in [0.5, 0.6) is 5.75 Å². The largest absolute Gasteiger partial charge is 0.484 e. The highest BCUT2D eigenvalue weighted by Crippen LogP contribution is 2.18. The summed E-state index contributed by atoms with van der Waals surface area (Å²) in [5.41, 5.74) is 2.03. The lowest BCUT2D eigenvalue weighted by molar-refractivity contribution is -0.153. The molecule has 0 amide bonds. The molecule has 1 aromatic heterocycles. The highest BCUT2D eigenvalue weighted by atomic mass is 127. The summed E-state index contributed by atoms with van der Waals surface area (Å²) in [4.78, 5) is 4.14. The number of nitrogens with one attached hydrogen (secondary N) is 2. The Hall–Kier alpha value is -1.98. The number of aliphatic imine (C=N–C) groups is 1. The third kappa shape index (κ3) is 8.98. The number of ether oxygens (including phenoxy) is 1. The second-order valence-electron chi connectivity index (χ2n) is 5.67. The third-order valence-electron chi connectivity index (χ3n) is 3.47. The Balaban J connectivity index is 0.00000364. The maximum atomic E-state index is 12.1. The van der Waals surface area contributed by atoms with E-state index in [1.54, 1.807) is 23.9 Å². The molecule has 0 atom stereocenters. The highest BCUT2D eigenvalue weighted by molar-refractivity contribution is 14.0. The first kappa shape index (κ1) is 23.1. The van der Waals surface area contributed by atoms with Gasteiger partial charge in [0.1, 0.15) is 5.75 Å². The lowest BCUT2D eigenvalue weighted by atomic mass is 10.2. The van der Waals surface area contributed by atoms with Gasteiger partial charge < -0.3 is 15.4 Å². The fourth-order valence-corrected chi connectivity index (χ4v) is 2.20. The molecule has 0 radical (unpaired) electrons. The summed E-state index contributed by atoms with van der Waals surface area (Å²) < 4.78 is 42.8. The van der Waals surface area contributed by atoms with Crippen LogP contribution in [0, 0.1) is 0 Å². The number of hydrogen-bond acceptors (Lipinski definition) is 3. The van der Waals surface area contributed by atoms with E-state index in [9.17, 15) is 13.2 Å². The van der Waals surface area contributed by atoms with E-state index in [2.05, 4.69) is 25.5 Å². The van der Waals surface area contributed by atoms with E-state index in [4.69, 9.17) is 0 Å². The van der Waals surface area contributed by atoms with Crippen molar-refractivity contribution in [1.82, 2.24) is 20.4 Å². The summed E-state index contributed by atoms with van der Waals surface area (Å²) >= 11 is 0. The molecule has 0 aliphatic heterocycles. The molecular weight excluding hydrogens is 474 g/mol. The minimum atomic E-state index is -4.34. The molecule has 0 spiro atoms. The number of guanidine groups is 1. The van der Waals surface area contributed by atoms with Crippen LogP contribution in [0.15, 0.2) is 41.7 Å². The molecule has 27 heavy (non-hydrogen) atoms. The minimum absolute atomic E-state index is 0. The van der Waals surface area contributed by atoms with Gasteiger partial charge in [0.25, 0.3) is 0 Å². The number of halogens is 4. The fourth-order valence-electron chi connectivity index (χ4n) is 2.20. The number of benzene rings is 1. The van der Waals surface area contributed by atoms with E-state index in [0.29, 0.717) is 19.0 Å². The van der Waals surface area contributed by atoms with E-state index >= 15 is 0 Å². The van der Waals surface area contributed by atoms with Gasteiger partial charge in [-0.15, -0.1) is 24.0 Å². The number of aromatic nitrogens is 2. The summed E-state index contributed by atoms with van der Waals surface area (Å²) in [5, 5.41) is 10.5. The molecular formula is C17H23F3IN5O. The molecule has 2 aromatic rings. The molecule has 0 fully saturated rings.